The lowest BCUT2D eigenvalue weighted by atomic mass is 9.77. The number of nitrogens with zero attached hydrogens (tertiary/aromatic N) is 6. The molecule has 18 aromatic carbocycles. The van der Waals surface area contributed by atoms with Crippen molar-refractivity contribution in [3.8, 4) is 22.3 Å². The molecule has 0 saturated heterocycles. The van der Waals surface area contributed by atoms with Crippen molar-refractivity contribution < 1.29 is 8.83 Å². The Labute approximate surface area is 850 Å². The minimum atomic E-state index is -0.328. The highest BCUT2D eigenvalue weighted by atomic mass is 16.3. The number of aryl methyl sites for hydroxylation is 2. The average molecular weight is 1890 g/mol. The quantitative estimate of drug-likeness (QED) is 0.129. The maximum absolute atomic E-state index is 7.80. The summed E-state index contributed by atoms with van der Waals surface area (Å²) in [5.41, 5.74) is 40.7. The fourth-order valence-corrected chi connectivity index (χ4v) is 25.5. The first-order valence-corrected chi connectivity index (χ1v) is 52.5. The molecule has 0 aliphatic carbocycles. The highest BCUT2D eigenvalue weighted by Crippen LogP contribution is 2.57. The maximum atomic E-state index is 7.80. The molecule has 8 heteroatoms. The lowest BCUT2D eigenvalue weighted by Gasteiger charge is -2.28. The summed E-state index contributed by atoms with van der Waals surface area (Å²) in [5, 5.41) is 24.8. The molecule has 0 spiro atoms. The second kappa shape index (κ2) is 29.8. The van der Waals surface area contributed by atoms with E-state index in [4.69, 9.17) is 8.83 Å². The lowest BCUT2D eigenvalue weighted by molar-refractivity contribution is 0.520. The van der Waals surface area contributed by atoms with Crippen LogP contribution in [0.1, 0.15) is 194 Å². The Hall–Kier alpha value is -15.6. The number of benzene rings is 18. The number of fused-ring (bicyclic) bond motifs is 30. The average Bonchev–Trinajstić information content (AvgIpc) is 1.51. The molecule has 0 bridgehead atoms. The molecule has 10 heterocycles. The Balaban J connectivity index is 0.595. The van der Waals surface area contributed by atoms with E-state index in [2.05, 4.69) is 495 Å². The summed E-state index contributed by atoms with van der Waals surface area (Å²) >= 11 is 0. The summed E-state index contributed by atoms with van der Waals surface area (Å²) in [6.07, 6.45) is 0.791. The molecule has 0 fully saturated rings. The monoisotopic (exact) mass is 1890 g/mol. The van der Waals surface area contributed by atoms with Crippen LogP contribution in [0.4, 0.5) is 34.1 Å². The first kappa shape index (κ1) is 88.1. The van der Waals surface area contributed by atoms with Gasteiger partial charge in [0.15, 0.2) is 11.2 Å². The van der Waals surface area contributed by atoms with E-state index in [1.54, 1.807) is 0 Å². The normalized spacial score (nSPS) is 13.4. The van der Waals surface area contributed by atoms with Gasteiger partial charge in [0.25, 0.3) is 0 Å². The predicted molar refractivity (Wildman–Crippen MR) is 625 cm³/mol. The number of aromatic nitrogens is 4. The third-order valence-corrected chi connectivity index (χ3v) is 33.5. The van der Waals surface area contributed by atoms with E-state index in [0.29, 0.717) is 0 Å². The lowest BCUT2D eigenvalue weighted by Crippen LogP contribution is -2.21. The van der Waals surface area contributed by atoms with Gasteiger partial charge in [-0.05, 0) is 277 Å². The molecule has 8 nitrogen and oxygen atoms in total. The molecular formula is C138H120N6O2. The summed E-state index contributed by atoms with van der Waals surface area (Å²) in [4.78, 5) is 4.96. The molecule has 0 saturated carbocycles. The molecule has 0 atom stereocenters. The SMILES string of the molecule is Cc1ccccc1N(c1ccc2c3cc(C(C)(C)C)cc4c5cc6c(cc5n(c2c1)c34)c1cc(C(C)(C)C)cc2c3cc(C(C)(C)Cc4cc(C(C)(C)C)c5oc7c(N(c8ccc9c%10cc(C(C)(C)C)cc%11c%12cc%13c(cc%12n(c9c8)c%10%11)c8cc(C(C)(C)C)cc9c%10cc(C(C)(C)C)ccc%10n%13c98)c8cc(-c9ccccc9)ccc8C)cccc7c5c4)ccc3n6c21)c1cccc2c1oc1c(-c3ccccc3)cccc12. The van der Waals surface area contributed by atoms with Crippen molar-refractivity contribution in [3.63, 3.8) is 0 Å². The molecule has 28 rings (SSSR count). The minimum Gasteiger partial charge on any atom is -0.454 e. The first-order valence-electron chi connectivity index (χ1n) is 52.5. The number of para-hydroxylation sites is 4. The van der Waals surface area contributed by atoms with Gasteiger partial charge in [-0.2, -0.15) is 0 Å². The topological polar surface area (TPSA) is 50.4 Å². The van der Waals surface area contributed by atoms with Crippen molar-refractivity contribution >= 4 is 230 Å². The molecule has 0 unspecified atom stereocenters. The second-order valence-corrected chi connectivity index (χ2v) is 49.6. The van der Waals surface area contributed by atoms with Crippen molar-refractivity contribution in [2.45, 2.75) is 197 Å². The number of hydrogen-bond donors (Lipinski definition) is 0. The van der Waals surface area contributed by atoms with E-state index in [0.717, 1.165) is 112 Å². The molecule has 146 heavy (non-hydrogen) atoms. The summed E-state index contributed by atoms with van der Waals surface area (Å²) < 4.78 is 25.5. The van der Waals surface area contributed by atoms with Gasteiger partial charge in [-0.15, -0.1) is 0 Å². The molecule has 10 aromatic heterocycles. The van der Waals surface area contributed by atoms with Gasteiger partial charge < -0.3 is 36.2 Å². The van der Waals surface area contributed by atoms with Crippen LogP contribution in [0.2, 0.25) is 0 Å². The van der Waals surface area contributed by atoms with Gasteiger partial charge in [0.1, 0.15) is 11.2 Å². The fourth-order valence-electron chi connectivity index (χ4n) is 25.5. The summed E-state index contributed by atoms with van der Waals surface area (Å²) in [6, 6.07) is 122. The number of furan rings is 2. The predicted octanol–water partition coefficient (Wildman–Crippen LogP) is 39.3. The number of rotatable bonds is 11. The van der Waals surface area contributed by atoms with E-state index < -0.39 is 0 Å². The minimum absolute atomic E-state index is 0.00137. The fraction of sp³-hybridized carbons (Fsp3) is 0.217. The second-order valence-electron chi connectivity index (χ2n) is 49.6. The van der Waals surface area contributed by atoms with Crippen LogP contribution in [-0.4, -0.2) is 17.6 Å². The Bertz CT molecular complexity index is 10500. The van der Waals surface area contributed by atoms with Crippen LogP contribution in [-0.2, 0) is 44.3 Å². The van der Waals surface area contributed by atoms with Crippen molar-refractivity contribution in [1.82, 2.24) is 17.6 Å². The third kappa shape index (κ3) is 12.7. The standard InChI is InChI=1S/C138H120N6O2/c1-76-34-29-30-43-112(76)139(115-44-32-41-94-93-40-31-39-90(128(93)145-130(94)115)80-37-27-24-28-38-80)88-50-52-91-102-61-84(133(6,7)8)65-106-101-72-121-99(74-122(101)143(124(102)106)118(91)69-88)109-68-87(136(15,16)17)64-105-97-60-83(49-55-114(97)142(121)127(105)109)138(21,22)75-78-56-110-95-42-33-45-116(131(95)146-129(110)111(57-78)137(18,19)20)140(117-58-81(47-46-77(117)2)79-35-25-23-26-36-79)89-51-53-92-103-62-85(134(9,10)11)66-107-100-71-120-98(73-123(100)144(125(103)107)119(92)70-89)108-67-86(135(12,13)14)63-104-96-59-82(132(3,4)5)48-54-113(96)141(120)126(104)108/h23-74H,75H2,1-22H3. The molecule has 0 aliphatic heterocycles. The van der Waals surface area contributed by atoms with E-state index in [-0.39, 0.29) is 37.9 Å². The van der Waals surface area contributed by atoms with Crippen LogP contribution < -0.4 is 9.80 Å². The van der Waals surface area contributed by atoms with Crippen molar-refractivity contribution in [3.05, 3.63) is 371 Å². The Morgan fingerprint density at radius 3 is 1.02 bits per heavy atom. The van der Waals surface area contributed by atoms with Gasteiger partial charge in [-0.25, -0.2) is 0 Å². The van der Waals surface area contributed by atoms with Crippen molar-refractivity contribution in [1.29, 1.82) is 0 Å². The summed E-state index contributed by atoms with van der Waals surface area (Å²) in [7, 11) is 0. The zero-order chi connectivity index (χ0) is 100. The highest BCUT2D eigenvalue weighted by molar-refractivity contribution is 6.33. The first-order chi connectivity index (χ1) is 69.7. The molecule has 0 radical (unpaired) electrons. The summed E-state index contributed by atoms with van der Waals surface area (Å²) in [6.45, 7) is 51.9. The Kier molecular flexibility index (Phi) is 18.0. The van der Waals surface area contributed by atoms with Crippen LogP contribution in [0.25, 0.3) is 219 Å². The van der Waals surface area contributed by atoms with E-state index in [1.165, 1.54) is 202 Å². The molecule has 714 valence electrons. The van der Waals surface area contributed by atoms with Crippen LogP contribution in [0.5, 0.6) is 0 Å². The summed E-state index contributed by atoms with van der Waals surface area (Å²) in [5.74, 6) is 0. The van der Waals surface area contributed by atoms with E-state index in [9.17, 15) is 0 Å². The van der Waals surface area contributed by atoms with Gasteiger partial charge in [-0.3, -0.25) is 0 Å². The molecule has 0 amide bonds. The van der Waals surface area contributed by atoms with Crippen LogP contribution >= 0.6 is 0 Å². The third-order valence-electron chi connectivity index (χ3n) is 33.5. The van der Waals surface area contributed by atoms with Crippen LogP contribution in [0.3, 0.4) is 0 Å². The largest absolute Gasteiger partial charge is 0.454 e. The molecule has 0 aliphatic rings. The zero-order valence-corrected chi connectivity index (χ0v) is 87.7. The maximum Gasteiger partial charge on any atom is 0.159 e. The van der Waals surface area contributed by atoms with Gasteiger partial charge in [0.05, 0.1) is 77.6 Å². The van der Waals surface area contributed by atoms with Crippen molar-refractivity contribution in [2.24, 2.45) is 0 Å². The number of hydrogen-bond acceptors (Lipinski definition) is 4. The van der Waals surface area contributed by atoms with Gasteiger partial charge in [0.2, 0.25) is 0 Å². The number of anilines is 6. The highest BCUT2D eigenvalue weighted by Gasteiger charge is 2.37. The smallest absolute Gasteiger partial charge is 0.159 e. The van der Waals surface area contributed by atoms with Gasteiger partial charge >= 0.3 is 0 Å². The zero-order valence-electron chi connectivity index (χ0n) is 87.7. The van der Waals surface area contributed by atoms with E-state index >= 15 is 0 Å². The molecule has 28 aromatic rings. The van der Waals surface area contributed by atoms with Gasteiger partial charge in [0, 0.05) is 142 Å². The van der Waals surface area contributed by atoms with E-state index in [1.807, 2.05) is 0 Å². The Morgan fingerprint density at radius 1 is 0.212 bits per heavy atom. The van der Waals surface area contributed by atoms with Crippen LogP contribution in [0.15, 0.2) is 324 Å². The van der Waals surface area contributed by atoms with Crippen molar-refractivity contribution in [2.75, 3.05) is 9.80 Å². The Morgan fingerprint density at radius 2 is 0.568 bits per heavy atom. The van der Waals surface area contributed by atoms with Gasteiger partial charge in [-0.1, -0.05) is 302 Å². The molecular weight excluding hydrogens is 1770 g/mol. The molecule has 0 N–H and O–H groups in total. The van der Waals surface area contributed by atoms with Crippen LogP contribution in [0, 0.1) is 13.8 Å².